The van der Waals surface area contributed by atoms with Gasteiger partial charge in [0.25, 0.3) is 0 Å². The fourth-order valence-corrected chi connectivity index (χ4v) is 1.32. The summed E-state index contributed by atoms with van der Waals surface area (Å²) in [6.45, 7) is 0. The highest BCUT2D eigenvalue weighted by molar-refractivity contribution is 5.35. The van der Waals surface area contributed by atoms with Crippen LogP contribution in [0, 0.1) is 0 Å². The van der Waals surface area contributed by atoms with E-state index in [-0.39, 0.29) is 6.42 Å². The molecule has 1 N–H and O–H groups in total. The molecule has 0 aliphatic carbocycles. The van der Waals surface area contributed by atoms with Gasteiger partial charge in [0, 0.05) is 0 Å². The van der Waals surface area contributed by atoms with Crippen LogP contribution < -0.4 is 4.74 Å². The van der Waals surface area contributed by atoms with Crippen LogP contribution in [-0.2, 0) is 6.42 Å². The smallest absolute Gasteiger partial charge is 0.361 e. The summed E-state index contributed by atoms with van der Waals surface area (Å²) >= 11 is 0. The second-order valence-electron chi connectivity index (χ2n) is 2.90. The quantitative estimate of drug-likeness (QED) is 0.638. The molecule has 0 spiro atoms. The summed E-state index contributed by atoms with van der Waals surface area (Å²) in [4.78, 5) is 0. The molecular formula is C9H9FO2. The van der Waals surface area contributed by atoms with Crippen molar-refractivity contribution in [3.8, 4) is 5.75 Å². The topological polar surface area (TPSA) is 29.5 Å². The molecule has 1 aromatic rings. The van der Waals surface area contributed by atoms with Crippen LogP contribution in [0.2, 0.25) is 0 Å². The minimum absolute atomic E-state index is 0.00398. The van der Waals surface area contributed by atoms with Gasteiger partial charge in [-0.05, 0) is 18.1 Å². The van der Waals surface area contributed by atoms with Crippen molar-refractivity contribution in [3.05, 3.63) is 29.8 Å². The Bertz CT molecular complexity index is 296. The summed E-state index contributed by atoms with van der Waals surface area (Å²) in [6, 6.07) is 4.66. The van der Waals surface area contributed by atoms with E-state index in [1.54, 1.807) is 12.1 Å². The lowest BCUT2D eigenvalue weighted by Crippen LogP contribution is -2.34. The van der Waals surface area contributed by atoms with Crippen LogP contribution in [0.4, 0.5) is 4.39 Å². The van der Waals surface area contributed by atoms with E-state index in [4.69, 9.17) is 9.84 Å². The highest BCUT2D eigenvalue weighted by atomic mass is 19.2. The molecule has 0 bridgehead atoms. The Kier molecular flexibility index (Phi) is 1.54. The summed E-state index contributed by atoms with van der Waals surface area (Å²) < 4.78 is 17.6. The average molecular weight is 168 g/mol. The maximum atomic E-state index is 12.9. The van der Waals surface area contributed by atoms with Crippen molar-refractivity contribution >= 4 is 0 Å². The van der Waals surface area contributed by atoms with Gasteiger partial charge in [-0.2, -0.15) is 4.39 Å². The number of benzene rings is 1. The van der Waals surface area contributed by atoms with E-state index in [2.05, 4.69) is 0 Å². The first kappa shape index (κ1) is 7.55. The van der Waals surface area contributed by atoms with Gasteiger partial charge in [-0.15, -0.1) is 0 Å². The lowest BCUT2D eigenvalue weighted by molar-refractivity contribution is -0.246. The number of rotatable bonds is 0. The lowest BCUT2D eigenvalue weighted by Gasteiger charge is -2.26. The van der Waals surface area contributed by atoms with Crippen molar-refractivity contribution in [3.63, 3.8) is 0 Å². The van der Waals surface area contributed by atoms with Crippen molar-refractivity contribution in [2.24, 2.45) is 0 Å². The van der Waals surface area contributed by atoms with E-state index >= 15 is 0 Å². The third-order valence-corrected chi connectivity index (χ3v) is 1.94. The average Bonchev–Trinajstić information content (AvgIpc) is 2.02. The summed E-state index contributed by atoms with van der Waals surface area (Å²) in [6.07, 6.45) is 0.521. The molecule has 0 aromatic heterocycles. The van der Waals surface area contributed by atoms with Crippen LogP contribution in [-0.4, -0.2) is 11.1 Å². The molecule has 1 aromatic carbocycles. The third kappa shape index (κ3) is 1.28. The number of halogens is 1. The number of fused-ring (bicyclic) bond motifs is 1. The molecule has 0 radical (unpaired) electrons. The molecule has 64 valence electrons. The maximum Gasteiger partial charge on any atom is 0.361 e. The van der Waals surface area contributed by atoms with E-state index in [0.717, 1.165) is 5.56 Å². The number of hydrogen-bond acceptors (Lipinski definition) is 2. The maximum absolute atomic E-state index is 12.9. The number of para-hydroxylation sites is 1. The van der Waals surface area contributed by atoms with Gasteiger partial charge in [0.1, 0.15) is 5.75 Å². The Labute approximate surface area is 69.6 Å². The summed E-state index contributed by atoms with van der Waals surface area (Å²) in [5.41, 5.74) is 0.944. The first-order valence-corrected chi connectivity index (χ1v) is 3.86. The first-order valence-electron chi connectivity index (χ1n) is 3.86. The molecule has 1 heterocycles. The second kappa shape index (κ2) is 2.45. The Balaban J connectivity index is 2.35. The molecule has 0 saturated heterocycles. The van der Waals surface area contributed by atoms with Crippen molar-refractivity contribution in [1.82, 2.24) is 0 Å². The van der Waals surface area contributed by atoms with Gasteiger partial charge in [-0.25, -0.2) is 0 Å². The zero-order chi connectivity index (χ0) is 8.60. The lowest BCUT2D eigenvalue weighted by atomic mass is 10.1. The summed E-state index contributed by atoms with van der Waals surface area (Å²) in [5, 5.41) is 8.93. The van der Waals surface area contributed by atoms with Crippen LogP contribution in [0.1, 0.15) is 12.0 Å². The van der Waals surface area contributed by atoms with Gasteiger partial charge in [-0.3, -0.25) is 0 Å². The molecule has 3 heteroatoms. The van der Waals surface area contributed by atoms with Crippen molar-refractivity contribution in [2.45, 2.75) is 18.9 Å². The predicted molar refractivity (Wildman–Crippen MR) is 41.4 cm³/mol. The third-order valence-electron chi connectivity index (χ3n) is 1.94. The number of aliphatic hydroxyl groups is 1. The Morgan fingerprint density at radius 3 is 3.00 bits per heavy atom. The number of ether oxygens (including phenoxy) is 1. The van der Waals surface area contributed by atoms with Crippen molar-refractivity contribution < 1.29 is 14.2 Å². The van der Waals surface area contributed by atoms with E-state index in [1.165, 1.54) is 0 Å². The minimum atomic E-state index is -2.48. The van der Waals surface area contributed by atoms with Crippen LogP contribution in [0.5, 0.6) is 5.75 Å². The van der Waals surface area contributed by atoms with Gasteiger partial charge >= 0.3 is 6.04 Å². The van der Waals surface area contributed by atoms with Gasteiger partial charge < -0.3 is 9.84 Å². The van der Waals surface area contributed by atoms with Crippen molar-refractivity contribution in [1.29, 1.82) is 0 Å². The van der Waals surface area contributed by atoms with E-state index in [1.807, 2.05) is 12.1 Å². The van der Waals surface area contributed by atoms with Crippen LogP contribution in [0.3, 0.4) is 0 Å². The first-order chi connectivity index (χ1) is 5.67. The molecule has 1 atom stereocenters. The molecule has 1 unspecified atom stereocenters. The highest BCUT2D eigenvalue weighted by Crippen LogP contribution is 2.31. The standard InChI is InChI=1S/C9H9FO2/c10-9(11)6-5-7-3-1-2-4-8(7)12-9/h1-4,11H,5-6H2. The Morgan fingerprint density at radius 2 is 2.17 bits per heavy atom. The van der Waals surface area contributed by atoms with E-state index in [9.17, 15) is 4.39 Å². The van der Waals surface area contributed by atoms with E-state index in [0.29, 0.717) is 12.2 Å². The SMILES string of the molecule is OC1(F)CCc2ccccc2O1. The van der Waals surface area contributed by atoms with Gasteiger partial charge in [0.15, 0.2) is 0 Å². The normalized spacial score (nSPS) is 27.5. The zero-order valence-corrected chi connectivity index (χ0v) is 6.46. The van der Waals surface area contributed by atoms with Crippen molar-refractivity contribution in [2.75, 3.05) is 0 Å². The van der Waals surface area contributed by atoms with Gasteiger partial charge in [0.2, 0.25) is 0 Å². The molecule has 1 aliphatic heterocycles. The summed E-state index contributed by atoms with van der Waals surface area (Å²) in [7, 11) is 0. The molecule has 0 fully saturated rings. The Morgan fingerprint density at radius 1 is 1.42 bits per heavy atom. The van der Waals surface area contributed by atoms with Gasteiger partial charge in [-0.1, -0.05) is 18.2 Å². The highest BCUT2D eigenvalue weighted by Gasteiger charge is 2.33. The largest absolute Gasteiger partial charge is 0.436 e. The molecule has 2 rings (SSSR count). The Hall–Kier alpha value is -1.09. The molecule has 1 aliphatic rings. The minimum Gasteiger partial charge on any atom is -0.436 e. The molecule has 2 nitrogen and oxygen atoms in total. The zero-order valence-electron chi connectivity index (χ0n) is 6.46. The summed E-state index contributed by atoms with van der Waals surface area (Å²) in [5.74, 6) is 0.439. The molecule has 12 heavy (non-hydrogen) atoms. The molecular weight excluding hydrogens is 159 g/mol. The molecule has 0 saturated carbocycles. The van der Waals surface area contributed by atoms with Crippen LogP contribution >= 0.6 is 0 Å². The van der Waals surface area contributed by atoms with E-state index < -0.39 is 6.04 Å². The van der Waals surface area contributed by atoms with Crippen LogP contribution in [0.15, 0.2) is 24.3 Å². The second-order valence-corrected chi connectivity index (χ2v) is 2.90. The number of aryl methyl sites for hydroxylation is 1. The number of hydrogen-bond donors (Lipinski definition) is 1. The monoisotopic (exact) mass is 168 g/mol. The van der Waals surface area contributed by atoms with Gasteiger partial charge in [0.05, 0.1) is 6.42 Å². The fourth-order valence-electron chi connectivity index (χ4n) is 1.32. The molecule has 0 amide bonds. The fraction of sp³-hybridized carbons (Fsp3) is 0.333. The predicted octanol–water partition coefficient (Wildman–Crippen LogP) is 1.63. The van der Waals surface area contributed by atoms with Crippen LogP contribution in [0.25, 0.3) is 0 Å². The number of alkyl halides is 1.